The Hall–Kier alpha value is -5.14. The zero-order chi connectivity index (χ0) is 33.2. The van der Waals surface area contributed by atoms with Crippen LogP contribution in [0.15, 0.2) is 127 Å². The Morgan fingerprint density at radius 3 is 2.02 bits per heavy atom. The molecule has 1 heteroatoms. The molecule has 9 rings (SSSR count). The van der Waals surface area contributed by atoms with E-state index in [2.05, 4.69) is 153 Å². The van der Waals surface area contributed by atoms with Gasteiger partial charge in [-0.25, -0.2) is 0 Å². The number of hydrogen-bond donors (Lipinski definition) is 0. The number of benzene rings is 6. The topological polar surface area (TPSA) is 4.41 Å². The number of para-hydroxylation sites is 2. The molecule has 0 saturated carbocycles. The number of fused-ring (bicyclic) bond motifs is 6. The third-order valence-electron chi connectivity index (χ3n) is 11.6. The van der Waals surface area contributed by atoms with E-state index >= 15 is 0 Å². The van der Waals surface area contributed by atoms with Crippen LogP contribution in [0.4, 0.5) is 0 Å². The van der Waals surface area contributed by atoms with Gasteiger partial charge < -0.3 is 4.40 Å². The number of allylic oxidation sites excluding steroid dienone is 2. The fourth-order valence-electron chi connectivity index (χ4n) is 8.83. The summed E-state index contributed by atoms with van der Waals surface area (Å²) in [5, 5.41) is 5.31. The lowest BCUT2D eigenvalue weighted by Crippen LogP contribution is -2.08. The van der Waals surface area contributed by atoms with Gasteiger partial charge in [-0.3, -0.25) is 0 Å². The van der Waals surface area contributed by atoms with Crippen molar-refractivity contribution in [1.29, 1.82) is 0 Å². The van der Waals surface area contributed by atoms with Crippen molar-refractivity contribution in [2.45, 2.75) is 59.8 Å². The fraction of sp³-hybridized carbons (Fsp3) is 0.208. The average molecular weight is 634 g/mol. The standard InChI is InChI=1S/C48H43N/c1-5-30(2)37-16-9-10-17-38(37)44-27-36(28-45(32(44)4)43-26-34(23-22-31(43)3)33-14-7-6-8-15-33)35-24-25-40-42-20-13-19-41-39-18-11-12-21-46(39)49(48(41)42)47(40)29-35/h6-8,11-15,18-30H,5,9-10,16-17H2,1-4H3. The summed E-state index contributed by atoms with van der Waals surface area (Å²) in [6.45, 7) is 9.44. The van der Waals surface area contributed by atoms with Gasteiger partial charge in [-0.15, -0.1) is 0 Å². The first-order valence-corrected chi connectivity index (χ1v) is 18.2. The first kappa shape index (κ1) is 30.0. The SMILES string of the molecule is CCC(C)C1=C(c2cc(-c3ccc4c5cccc6c7ccccc7n(c4c3)c65)cc(-c3cc(-c4ccccc4)ccc3C)c2C)CCCC1. The minimum atomic E-state index is 0.605. The van der Waals surface area contributed by atoms with Crippen LogP contribution in [-0.4, -0.2) is 4.40 Å². The molecule has 1 atom stereocenters. The zero-order valence-electron chi connectivity index (χ0n) is 29.1. The van der Waals surface area contributed by atoms with E-state index in [1.54, 1.807) is 11.1 Å². The minimum absolute atomic E-state index is 0.605. The van der Waals surface area contributed by atoms with Gasteiger partial charge in [0, 0.05) is 21.5 Å². The van der Waals surface area contributed by atoms with E-state index in [9.17, 15) is 0 Å². The molecule has 8 aromatic rings. The Kier molecular flexibility index (Phi) is 7.20. The number of aryl methyl sites for hydroxylation is 1. The van der Waals surface area contributed by atoms with Crippen molar-refractivity contribution in [3.63, 3.8) is 0 Å². The molecule has 0 fully saturated rings. The van der Waals surface area contributed by atoms with Crippen LogP contribution in [0, 0.1) is 19.8 Å². The summed E-state index contributed by atoms with van der Waals surface area (Å²) in [7, 11) is 0. The van der Waals surface area contributed by atoms with Crippen LogP contribution >= 0.6 is 0 Å². The highest BCUT2D eigenvalue weighted by Gasteiger charge is 2.23. The van der Waals surface area contributed by atoms with Gasteiger partial charge in [0.25, 0.3) is 0 Å². The largest absolute Gasteiger partial charge is 0.308 e. The van der Waals surface area contributed by atoms with Crippen molar-refractivity contribution in [3.8, 4) is 33.4 Å². The van der Waals surface area contributed by atoms with E-state index in [1.807, 2.05) is 0 Å². The van der Waals surface area contributed by atoms with Gasteiger partial charge in [-0.1, -0.05) is 110 Å². The van der Waals surface area contributed by atoms with Gasteiger partial charge in [-0.2, -0.15) is 0 Å². The lowest BCUT2D eigenvalue weighted by Gasteiger charge is -2.27. The number of aromatic nitrogens is 1. The average Bonchev–Trinajstić information content (AvgIpc) is 3.67. The molecule has 0 saturated heterocycles. The third kappa shape index (κ3) is 4.74. The maximum Gasteiger partial charge on any atom is 0.0620 e. The Morgan fingerprint density at radius 2 is 1.20 bits per heavy atom. The summed E-state index contributed by atoms with van der Waals surface area (Å²) in [6.07, 6.45) is 6.15. The molecule has 0 aliphatic heterocycles. The monoisotopic (exact) mass is 633 g/mol. The van der Waals surface area contributed by atoms with Gasteiger partial charge in [0.05, 0.1) is 16.6 Å². The van der Waals surface area contributed by atoms with Crippen molar-refractivity contribution < 1.29 is 0 Å². The van der Waals surface area contributed by atoms with E-state index in [4.69, 9.17) is 0 Å². The van der Waals surface area contributed by atoms with Crippen LogP contribution in [0.5, 0.6) is 0 Å². The van der Waals surface area contributed by atoms with Crippen LogP contribution < -0.4 is 0 Å². The van der Waals surface area contributed by atoms with Gasteiger partial charge in [0.2, 0.25) is 0 Å². The van der Waals surface area contributed by atoms with E-state index < -0.39 is 0 Å². The van der Waals surface area contributed by atoms with Crippen molar-refractivity contribution in [2.75, 3.05) is 0 Å². The quantitative estimate of drug-likeness (QED) is 0.172. The number of rotatable bonds is 6. The van der Waals surface area contributed by atoms with Gasteiger partial charge in [0.1, 0.15) is 0 Å². The molecule has 49 heavy (non-hydrogen) atoms. The number of hydrogen-bond acceptors (Lipinski definition) is 0. The van der Waals surface area contributed by atoms with Crippen molar-refractivity contribution in [2.24, 2.45) is 5.92 Å². The van der Waals surface area contributed by atoms with E-state index in [0.717, 1.165) is 0 Å². The van der Waals surface area contributed by atoms with Crippen LogP contribution in [0.25, 0.3) is 77.0 Å². The summed E-state index contributed by atoms with van der Waals surface area (Å²) in [6, 6.07) is 45.7. The highest BCUT2D eigenvalue weighted by Crippen LogP contribution is 2.45. The first-order chi connectivity index (χ1) is 24.0. The molecule has 0 radical (unpaired) electrons. The second-order valence-electron chi connectivity index (χ2n) is 14.4. The minimum Gasteiger partial charge on any atom is -0.308 e. The Bertz CT molecular complexity index is 2560. The van der Waals surface area contributed by atoms with Crippen molar-refractivity contribution >= 4 is 43.7 Å². The first-order valence-electron chi connectivity index (χ1n) is 18.2. The van der Waals surface area contributed by atoms with Gasteiger partial charge >= 0.3 is 0 Å². The second-order valence-corrected chi connectivity index (χ2v) is 14.4. The maximum atomic E-state index is 2.53. The molecule has 2 heterocycles. The van der Waals surface area contributed by atoms with E-state index in [0.29, 0.717) is 5.92 Å². The number of nitrogens with zero attached hydrogens (tertiary/aromatic N) is 1. The Balaban J connectivity index is 1.32. The van der Waals surface area contributed by atoms with Gasteiger partial charge in [-0.05, 0) is 138 Å². The summed E-state index contributed by atoms with van der Waals surface area (Å²) < 4.78 is 2.51. The highest BCUT2D eigenvalue weighted by atomic mass is 14.9. The molecule has 240 valence electrons. The Morgan fingerprint density at radius 1 is 0.551 bits per heavy atom. The van der Waals surface area contributed by atoms with Crippen LogP contribution in [0.2, 0.25) is 0 Å². The van der Waals surface area contributed by atoms with Crippen molar-refractivity contribution in [1.82, 2.24) is 4.40 Å². The summed E-state index contributed by atoms with van der Waals surface area (Å²) >= 11 is 0. The molecule has 0 N–H and O–H groups in total. The van der Waals surface area contributed by atoms with Crippen LogP contribution in [-0.2, 0) is 0 Å². The van der Waals surface area contributed by atoms with Crippen molar-refractivity contribution in [3.05, 3.63) is 144 Å². The third-order valence-corrected chi connectivity index (χ3v) is 11.6. The highest BCUT2D eigenvalue weighted by molar-refractivity contribution is 6.23. The van der Waals surface area contributed by atoms with E-state index in [-0.39, 0.29) is 0 Å². The fourth-order valence-corrected chi connectivity index (χ4v) is 8.83. The summed E-state index contributed by atoms with van der Waals surface area (Å²) in [5.74, 6) is 0.605. The molecule has 1 aliphatic rings. The molecule has 1 aliphatic carbocycles. The maximum absolute atomic E-state index is 2.53. The smallest absolute Gasteiger partial charge is 0.0620 e. The summed E-state index contributed by atoms with van der Waals surface area (Å²) in [5.41, 5.74) is 19.1. The predicted molar refractivity (Wildman–Crippen MR) is 212 cm³/mol. The molecule has 0 spiro atoms. The summed E-state index contributed by atoms with van der Waals surface area (Å²) in [4.78, 5) is 0. The molecular weight excluding hydrogens is 591 g/mol. The molecule has 1 nitrogen and oxygen atoms in total. The molecule has 1 unspecified atom stereocenters. The zero-order valence-corrected chi connectivity index (χ0v) is 29.1. The lowest BCUT2D eigenvalue weighted by molar-refractivity contribution is 0.581. The van der Waals surface area contributed by atoms with Crippen LogP contribution in [0.1, 0.15) is 62.6 Å². The van der Waals surface area contributed by atoms with Gasteiger partial charge in [0.15, 0.2) is 0 Å². The molecule has 2 aromatic heterocycles. The Labute approximate surface area is 289 Å². The lowest BCUT2D eigenvalue weighted by atomic mass is 9.78. The predicted octanol–water partition coefficient (Wildman–Crippen LogP) is 13.8. The normalized spacial score (nSPS) is 14.5. The molecule has 0 bridgehead atoms. The molecular formula is C48H43N. The second kappa shape index (κ2) is 11.8. The van der Waals surface area contributed by atoms with Crippen LogP contribution in [0.3, 0.4) is 0 Å². The molecule has 0 amide bonds. The van der Waals surface area contributed by atoms with E-state index in [1.165, 1.54) is 120 Å². The molecule has 6 aromatic carbocycles.